The second kappa shape index (κ2) is 11.5. The molecule has 0 saturated carbocycles. The molecule has 2 amide bonds. The molecule has 9 nitrogen and oxygen atoms in total. The number of carbonyl (C=O) groups excluding carboxylic acids is 3. The molecule has 1 aliphatic rings. The third kappa shape index (κ3) is 6.13. The Kier molecular flexibility index (Phi) is 8.24. The number of carboxylic acids is 1. The minimum atomic E-state index is -1.30. The first-order valence-electron chi connectivity index (χ1n) is 10.6. The van der Waals surface area contributed by atoms with Gasteiger partial charge in [-0.15, -0.1) is 0 Å². The zero-order valence-corrected chi connectivity index (χ0v) is 18.5. The first-order valence-corrected chi connectivity index (χ1v) is 10.6. The Morgan fingerprint density at radius 3 is 2.24 bits per heavy atom. The van der Waals surface area contributed by atoms with E-state index in [4.69, 9.17) is 9.84 Å². The number of alkyl carbamates (subject to hydrolysis) is 1. The number of amides is 2. The number of nitrogens with one attached hydrogen (secondary N) is 2. The summed E-state index contributed by atoms with van der Waals surface area (Å²) in [7, 11) is 1.19. The lowest BCUT2D eigenvalue weighted by molar-refractivity contribution is -0.143. The van der Waals surface area contributed by atoms with Crippen LogP contribution in [0.15, 0.2) is 48.5 Å². The maximum Gasteiger partial charge on any atom is 0.407 e. The average molecular weight is 464 g/mol. The van der Waals surface area contributed by atoms with Gasteiger partial charge in [-0.05, 0) is 34.6 Å². The maximum absolute atomic E-state index is 12.1. The number of ether oxygens (including phenoxy) is 2. The molecule has 3 rings (SSSR count). The van der Waals surface area contributed by atoms with Crippen molar-refractivity contribution >= 4 is 23.9 Å². The van der Waals surface area contributed by atoms with Crippen molar-refractivity contribution in [1.82, 2.24) is 10.6 Å². The van der Waals surface area contributed by atoms with Crippen molar-refractivity contribution in [2.45, 2.75) is 24.8 Å². The van der Waals surface area contributed by atoms with Crippen molar-refractivity contribution in [3.63, 3.8) is 0 Å². The number of esters is 1. The molecular weight excluding hydrogens is 440 g/mol. The Labute approximate surface area is 196 Å². The quantitative estimate of drug-likeness (QED) is 0.403. The van der Waals surface area contributed by atoms with Gasteiger partial charge in [0.25, 0.3) is 5.91 Å². The monoisotopic (exact) mass is 464 g/mol. The predicted molar refractivity (Wildman–Crippen MR) is 122 cm³/mol. The van der Waals surface area contributed by atoms with E-state index in [1.54, 1.807) is 0 Å². The number of carbonyl (C=O) groups is 4. The molecule has 2 aromatic carbocycles. The predicted octanol–water partition coefficient (Wildman–Crippen LogP) is 2.05. The van der Waals surface area contributed by atoms with Gasteiger partial charge in [0, 0.05) is 12.3 Å². The summed E-state index contributed by atoms with van der Waals surface area (Å²) in [6.45, 7) is -0.0156. The van der Waals surface area contributed by atoms with Crippen LogP contribution in [0.3, 0.4) is 0 Å². The number of benzene rings is 2. The summed E-state index contributed by atoms with van der Waals surface area (Å²) >= 11 is 0. The number of hydrogen-bond acceptors (Lipinski definition) is 6. The molecule has 0 fully saturated rings. The number of methoxy groups -OCH3 is 1. The van der Waals surface area contributed by atoms with Gasteiger partial charge in [0.15, 0.2) is 0 Å². The first-order chi connectivity index (χ1) is 16.4. The van der Waals surface area contributed by atoms with E-state index in [0.29, 0.717) is 0 Å². The average Bonchev–Trinajstić information content (AvgIpc) is 3.16. The smallest absolute Gasteiger partial charge is 0.407 e. The fraction of sp³-hybridized carbons (Fsp3) is 0.280. The third-order valence-corrected chi connectivity index (χ3v) is 5.33. The summed E-state index contributed by atoms with van der Waals surface area (Å²) < 4.78 is 9.82. The molecule has 0 saturated heterocycles. The van der Waals surface area contributed by atoms with E-state index in [0.717, 1.165) is 22.3 Å². The van der Waals surface area contributed by atoms with E-state index >= 15 is 0 Å². The number of carboxylic acid groups (broad SMARTS) is 1. The minimum Gasteiger partial charge on any atom is -0.480 e. The third-order valence-electron chi connectivity index (χ3n) is 5.33. The van der Waals surface area contributed by atoms with Crippen molar-refractivity contribution in [2.24, 2.45) is 0 Å². The molecule has 0 aromatic heterocycles. The van der Waals surface area contributed by atoms with E-state index in [2.05, 4.69) is 27.2 Å². The number of rotatable bonds is 8. The summed E-state index contributed by atoms with van der Waals surface area (Å²) in [5.41, 5.74) is 4.42. The van der Waals surface area contributed by atoms with Crippen molar-refractivity contribution in [3.05, 3.63) is 59.7 Å². The van der Waals surface area contributed by atoms with Crippen LogP contribution < -0.4 is 10.6 Å². The lowest BCUT2D eigenvalue weighted by atomic mass is 9.98. The van der Waals surface area contributed by atoms with Crippen LogP contribution in [-0.4, -0.2) is 55.3 Å². The zero-order chi connectivity index (χ0) is 24.5. The molecule has 2 aromatic rings. The minimum absolute atomic E-state index is 0.0760. The SMILES string of the molecule is COC(=O)CCC(NC(=O)C#CCNC(=O)OCC1c2ccccc2-c2ccccc21)C(=O)O. The van der Waals surface area contributed by atoms with Crippen LogP contribution in [0.1, 0.15) is 29.9 Å². The van der Waals surface area contributed by atoms with E-state index in [-0.39, 0.29) is 31.9 Å². The Balaban J connectivity index is 1.46. The molecule has 34 heavy (non-hydrogen) atoms. The van der Waals surface area contributed by atoms with Gasteiger partial charge in [-0.3, -0.25) is 9.59 Å². The summed E-state index contributed by atoms with van der Waals surface area (Å²) in [5.74, 6) is 1.84. The van der Waals surface area contributed by atoms with Gasteiger partial charge in [-0.1, -0.05) is 54.5 Å². The molecule has 0 aliphatic heterocycles. The van der Waals surface area contributed by atoms with Gasteiger partial charge in [-0.25, -0.2) is 9.59 Å². The highest BCUT2D eigenvalue weighted by molar-refractivity contribution is 5.96. The van der Waals surface area contributed by atoms with Crippen LogP contribution in [0.5, 0.6) is 0 Å². The summed E-state index contributed by atoms with van der Waals surface area (Å²) in [5, 5.41) is 13.8. The van der Waals surface area contributed by atoms with Gasteiger partial charge in [-0.2, -0.15) is 0 Å². The number of fused-ring (bicyclic) bond motifs is 3. The molecule has 176 valence electrons. The molecule has 0 spiro atoms. The van der Waals surface area contributed by atoms with E-state index in [1.807, 2.05) is 48.5 Å². The standard InChI is InChI=1S/C25H24N2O7/c1-33-23(29)13-12-21(24(30)31)27-22(28)11-6-14-26-25(32)34-15-20-18-9-4-2-7-16(18)17-8-3-5-10-19(17)20/h2-5,7-10,20-21H,12-15H2,1H3,(H,26,32)(H,27,28)(H,30,31). The van der Waals surface area contributed by atoms with Crippen LogP contribution in [0.2, 0.25) is 0 Å². The summed E-state index contributed by atoms with van der Waals surface area (Å²) in [6, 6.07) is 14.7. The topological polar surface area (TPSA) is 131 Å². The van der Waals surface area contributed by atoms with Gasteiger partial charge < -0.3 is 25.2 Å². The van der Waals surface area contributed by atoms with Crippen molar-refractivity contribution in [3.8, 4) is 23.0 Å². The Bertz CT molecular complexity index is 1100. The summed E-state index contributed by atoms with van der Waals surface area (Å²) in [4.78, 5) is 46.3. The van der Waals surface area contributed by atoms with E-state index < -0.39 is 30.0 Å². The maximum atomic E-state index is 12.1. The molecule has 0 radical (unpaired) electrons. The number of hydrogen-bond donors (Lipinski definition) is 3. The highest BCUT2D eigenvalue weighted by Crippen LogP contribution is 2.44. The Hall–Kier alpha value is -4.32. The van der Waals surface area contributed by atoms with Gasteiger partial charge in [0.2, 0.25) is 0 Å². The molecule has 1 aliphatic carbocycles. The summed E-state index contributed by atoms with van der Waals surface area (Å²) in [6.07, 6.45) is -0.976. The van der Waals surface area contributed by atoms with Gasteiger partial charge in [0.05, 0.1) is 13.7 Å². The fourth-order valence-electron chi connectivity index (χ4n) is 3.71. The molecule has 0 heterocycles. The van der Waals surface area contributed by atoms with Crippen LogP contribution >= 0.6 is 0 Å². The van der Waals surface area contributed by atoms with Gasteiger partial charge >= 0.3 is 18.0 Å². The molecular formula is C25H24N2O7. The van der Waals surface area contributed by atoms with E-state index in [1.165, 1.54) is 7.11 Å². The molecule has 3 N–H and O–H groups in total. The fourth-order valence-corrected chi connectivity index (χ4v) is 3.71. The lowest BCUT2D eigenvalue weighted by Gasteiger charge is -2.14. The Morgan fingerprint density at radius 1 is 1.03 bits per heavy atom. The first kappa shape index (κ1) is 24.3. The van der Waals surface area contributed by atoms with Crippen molar-refractivity contribution in [2.75, 3.05) is 20.3 Å². The Morgan fingerprint density at radius 2 is 1.65 bits per heavy atom. The van der Waals surface area contributed by atoms with Gasteiger partial charge in [0.1, 0.15) is 12.6 Å². The normalized spacial score (nSPS) is 12.3. The lowest BCUT2D eigenvalue weighted by Crippen LogP contribution is -2.40. The zero-order valence-electron chi connectivity index (χ0n) is 18.5. The largest absolute Gasteiger partial charge is 0.480 e. The van der Waals surface area contributed by atoms with Crippen LogP contribution in [-0.2, 0) is 23.9 Å². The molecule has 1 atom stereocenters. The van der Waals surface area contributed by atoms with Crippen LogP contribution in [0, 0.1) is 11.8 Å². The second-order valence-corrected chi connectivity index (χ2v) is 7.46. The van der Waals surface area contributed by atoms with Crippen LogP contribution in [0.25, 0.3) is 11.1 Å². The highest BCUT2D eigenvalue weighted by atomic mass is 16.5. The van der Waals surface area contributed by atoms with Crippen molar-refractivity contribution in [1.29, 1.82) is 0 Å². The number of aliphatic carboxylic acids is 1. The molecule has 1 unspecified atom stereocenters. The van der Waals surface area contributed by atoms with E-state index in [9.17, 15) is 19.2 Å². The molecule has 9 heteroatoms. The molecule has 0 bridgehead atoms. The van der Waals surface area contributed by atoms with Crippen LogP contribution in [0.4, 0.5) is 4.79 Å². The highest BCUT2D eigenvalue weighted by Gasteiger charge is 2.29. The van der Waals surface area contributed by atoms with Crippen molar-refractivity contribution < 1.29 is 33.8 Å². The second-order valence-electron chi connectivity index (χ2n) is 7.46.